The minimum atomic E-state index is -5.43. The molecule has 0 aromatic rings. The fraction of sp³-hybridized carbons (Fsp3) is 0.692. The number of phosphoric ester groups is 1. The van der Waals surface area contributed by atoms with Crippen LogP contribution in [0.2, 0.25) is 0 Å². The van der Waals surface area contributed by atoms with Crippen LogP contribution in [0.3, 0.4) is 0 Å². The van der Waals surface area contributed by atoms with Crippen molar-refractivity contribution in [1.29, 1.82) is 0 Å². The largest absolute Gasteiger partial charge is 0.469 e. The number of likely N-dealkylation sites (tertiary alicyclic amines) is 1. The first-order chi connectivity index (χ1) is 33.4. The highest BCUT2D eigenvalue weighted by Gasteiger charge is 2.42. The second-order valence-corrected chi connectivity index (χ2v) is 18.2. The molecule has 33 heteroatoms. The van der Waals surface area contributed by atoms with Gasteiger partial charge in [-0.1, -0.05) is 13.8 Å². The Labute approximate surface area is 412 Å². The summed E-state index contributed by atoms with van der Waals surface area (Å²) in [6.07, 6.45) is -4.33. The number of nitrogens with two attached hydrogens (primary N) is 5. The minimum absolute atomic E-state index is 0.0229. The van der Waals surface area contributed by atoms with Gasteiger partial charge in [-0.25, -0.2) is 4.57 Å². The predicted octanol–water partition coefficient (Wildman–Crippen LogP) is -9.39. The Hall–Kier alpha value is -6.41. The van der Waals surface area contributed by atoms with Crippen LogP contribution in [0.1, 0.15) is 72.6 Å². The van der Waals surface area contributed by atoms with Crippen LogP contribution in [0.5, 0.6) is 0 Å². The Morgan fingerprint density at radius 1 is 0.722 bits per heavy atom. The lowest BCUT2D eigenvalue weighted by Crippen LogP contribution is -2.63. The molecule has 1 saturated heterocycles. The SMILES string of the molecule is CC(C)[C@@H](C=O)NC(=O)[C@H](CC(N)=O)NC(=O)[C@@H]1CCCN1C(=O)[C@@H](NC(=O)[C@H](COP(=O)(O)O)NC(=O)[C@@H](NC(=O)[C@H](CO)NC(=O)[C@H](CCCN=C(N)N)NC(=O)[C@@H](N)CCC(N)=O)[C@@H](C)O)[C@@H](C)O. The van der Waals surface area contributed by atoms with Crippen LogP contribution >= 0.6 is 7.82 Å². The summed E-state index contributed by atoms with van der Waals surface area (Å²) in [7, 11) is -5.43. The van der Waals surface area contributed by atoms with Gasteiger partial charge < -0.3 is 101 Å². The summed E-state index contributed by atoms with van der Waals surface area (Å²) in [5.74, 6) is -11.7. The van der Waals surface area contributed by atoms with Crippen molar-refractivity contribution in [2.45, 2.75) is 139 Å². The van der Waals surface area contributed by atoms with E-state index in [1.807, 2.05) is 5.32 Å². The number of aliphatic imine (C=N–C) groups is 1. The first kappa shape index (κ1) is 63.6. The van der Waals surface area contributed by atoms with Gasteiger partial charge in [0.1, 0.15) is 48.6 Å². The fourth-order valence-electron chi connectivity index (χ4n) is 6.65. The van der Waals surface area contributed by atoms with E-state index in [9.17, 15) is 82.4 Å². The van der Waals surface area contributed by atoms with Crippen molar-refractivity contribution in [2.75, 3.05) is 26.3 Å². The van der Waals surface area contributed by atoms with Crippen LogP contribution < -0.4 is 65.9 Å². The topological polar surface area (TPSA) is 545 Å². The summed E-state index contributed by atoms with van der Waals surface area (Å²) in [6, 6.07) is -14.9. The molecule has 0 spiro atoms. The fourth-order valence-corrected chi connectivity index (χ4v) is 6.99. The molecule has 0 radical (unpaired) electrons. The molecule has 22 N–H and O–H groups in total. The van der Waals surface area contributed by atoms with Crippen LogP contribution in [-0.4, -0.2) is 194 Å². The Bertz CT molecular complexity index is 2020. The quantitative estimate of drug-likeness (QED) is 0.00978. The molecule has 32 nitrogen and oxygen atoms in total. The van der Waals surface area contributed by atoms with Gasteiger partial charge in [-0.05, 0) is 51.9 Å². The number of nitrogens with one attached hydrogen (secondary N) is 7. The summed E-state index contributed by atoms with van der Waals surface area (Å²) >= 11 is 0. The molecule has 0 unspecified atom stereocenters. The molecular formula is C39H69N14O18P. The summed E-state index contributed by atoms with van der Waals surface area (Å²) in [6.45, 7) is 2.58. The van der Waals surface area contributed by atoms with Gasteiger partial charge in [0, 0.05) is 19.5 Å². The molecule has 0 saturated carbocycles. The standard InChI is InChI=1S/C39H69N14O18P/c1-17(2)23(14-54)48-33(62)22(13-28(42)59)47-36(65)26-8-6-12-53(26)38(67)30(19(4)57)52-35(64)25(16-71-72(68,69)70)50-37(66)29(18(3)56)51-34(63)24(15-55)49-32(61)21(7-5-11-45-39(43)44)46-31(60)20(40)9-10-27(41)58/h14,17-26,29-30,55-57H,5-13,15-16,40H2,1-4H3,(H2,41,58)(H2,42,59)(H,46,60)(H,47,65)(H,48,62)(H,49,61)(H,50,66)(H,51,63)(H,52,64)(H4,43,44,45)(H2,68,69,70)/t18-,19-,20+,21+,22+,23-,24+,25+,26+,29+,30+/m1/s1. The van der Waals surface area contributed by atoms with Crippen LogP contribution in [-0.2, 0) is 61.8 Å². The molecular weight excluding hydrogens is 983 g/mol. The molecule has 0 bridgehead atoms. The minimum Gasteiger partial charge on any atom is -0.394 e. The number of hydrogen-bond acceptors (Lipinski definition) is 18. The van der Waals surface area contributed by atoms with E-state index in [0.717, 1.165) is 18.7 Å². The van der Waals surface area contributed by atoms with Crippen molar-refractivity contribution in [3.05, 3.63) is 0 Å². The third-order valence-corrected chi connectivity index (χ3v) is 11.1. The third kappa shape index (κ3) is 22.3. The van der Waals surface area contributed by atoms with Crippen molar-refractivity contribution in [3.63, 3.8) is 0 Å². The molecule has 1 fully saturated rings. The molecule has 0 aliphatic carbocycles. The van der Waals surface area contributed by atoms with Crippen LogP contribution in [0, 0.1) is 5.92 Å². The van der Waals surface area contributed by atoms with Gasteiger partial charge in [-0.2, -0.15) is 0 Å². The lowest BCUT2D eigenvalue weighted by Gasteiger charge is -2.32. The van der Waals surface area contributed by atoms with Crippen LogP contribution in [0.25, 0.3) is 0 Å². The summed E-state index contributed by atoms with van der Waals surface area (Å²) in [5.41, 5.74) is 26.9. The van der Waals surface area contributed by atoms with E-state index in [4.69, 9.17) is 28.7 Å². The lowest BCUT2D eigenvalue weighted by molar-refractivity contribution is -0.145. The van der Waals surface area contributed by atoms with Crippen molar-refractivity contribution in [1.82, 2.24) is 42.1 Å². The van der Waals surface area contributed by atoms with Crippen molar-refractivity contribution in [3.8, 4) is 0 Å². The van der Waals surface area contributed by atoms with E-state index in [1.54, 1.807) is 13.8 Å². The summed E-state index contributed by atoms with van der Waals surface area (Å²) < 4.78 is 16.2. The number of aliphatic hydroxyl groups excluding tert-OH is 3. The first-order valence-corrected chi connectivity index (χ1v) is 23.9. The third-order valence-electron chi connectivity index (χ3n) is 10.6. The monoisotopic (exact) mass is 1050 g/mol. The maximum absolute atomic E-state index is 14.0. The van der Waals surface area contributed by atoms with E-state index in [-0.39, 0.29) is 63.5 Å². The van der Waals surface area contributed by atoms with Crippen molar-refractivity contribution >= 4 is 79.1 Å². The highest BCUT2D eigenvalue weighted by atomic mass is 31.2. The van der Waals surface area contributed by atoms with Gasteiger partial charge in [0.05, 0.1) is 43.9 Å². The van der Waals surface area contributed by atoms with Gasteiger partial charge in [0.2, 0.25) is 59.1 Å². The Kier molecular flexibility index (Phi) is 26.9. The first-order valence-electron chi connectivity index (χ1n) is 22.4. The number of carbonyl (C=O) groups is 11. The summed E-state index contributed by atoms with van der Waals surface area (Å²) in [5, 5.41) is 46.8. The molecule has 11 atom stereocenters. The van der Waals surface area contributed by atoms with E-state index < -0.39 is 153 Å². The van der Waals surface area contributed by atoms with E-state index in [0.29, 0.717) is 6.29 Å². The predicted molar refractivity (Wildman–Crippen MR) is 248 cm³/mol. The average Bonchev–Trinajstić information content (AvgIpc) is 3.78. The Morgan fingerprint density at radius 2 is 1.26 bits per heavy atom. The second-order valence-electron chi connectivity index (χ2n) is 17.0. The van der Waals surface area contributed by atoms with Crippen molar-refractivity contribution < 1.29 is 86.9 Å². The Balaban J connectivity index is 3.37. The highest BCUT2D eigenvalue weighted by molar-refractivity contribution is 7.46. The molecule has 1 heterocycles. The molecule has 72 heavy (non-hydrogen) atoms. The number of nitrogens with zero attached hydrogens (tertiary/aromatic N) is 2. The van der Waals surface area contributed by atoms with Gasteiger partial charge in [0.15, 0.2) is 5.96 Å². The second kappa shape index (κ2) is 30.5. The van der Waals surface area contributed by atoms with Crippen LogP contribution in [0.4, 0.5) is 0 Å². The smallest absolute Gasteiger partial charge is 0.394 e. The number of carbonyl (C=O) groups excluding carboxylic acids is 11. The number of rotatable bonds is 32. The molecule has 0 aromatic heterocycles. The van der Waals surface area contributed by atoms with Gasteiger partial charge in [-0.3, -0.25) is 57.5 Å². The number of primary amides is 2. The number of phosphoric acid groups is 1. The lowest BCUT2D eigenvalue weighted by atomic mass is 10.0. The molecule has 10 amide bonds. The number of guanidine groups is 1. The van der Waals surface area contributed by atoms with E-state index in [2.05, 4.69) is 41.4 Å². The number of amides is 10. The average molecular weight is 1050 g/mol. The zero-order valence-corrected chi connectivity index (χ0v) is 40.9. The zero-order chi connectivity index (χ0) is 55.2. The molecule has 1 rings (SSSR count). The van der Waals surface area contributed by atoms with E-state index in [1.165, 1.54) is 0 Å². The Morgan fingerprint density at radius 3 is 1.78 bits per heavy atom. The van der Waals surface area contributed by atoms with E-state index >= 15 is 0 Å². The maximum Gasteiger partial charge on any atom is 0.469 e. The molecule has 0 aromatic carbocycles. The summed E-state index contributed by atoms with van der Waals surface area (Å²) in [4.78, 5) is 166. The molecule has 1 aliphatic heterocycles. The van der Waals surface area contributed by atoms with Gasteiger partial charge in [0.25, 0.3) is 0 Å². The van der Waals surface area contributed by atoms with Crippen molar-refractivity contribution in [2.24, 2.45) is 39.6 Å². The van der Waals surface area contributed by atoms with Gasteiger partial charge >= 0.3 is 7.82 Å². The molecule has 408 valence electrons. The highest BCUT2D eigenvalue weighted by Crippen LogP contribution is 2.35. The number of hydrogen-bond donors (Lipinski definition) is 17. The zero-order valence-electron chi connectivity index (χ0n) is 40.1. The van der Waals surface area contributed by atoms with Gasteiger partial charge in [-0.15, -0.1) is 0 Å². The normalized spacial score (nSPS) is 17.7. The van der Waals surface area contributed by atoms with Crippen LogP contribution in [0.15, 0.2) is 4.99 Å². The maximum atomic E-state index is 14.0. The number of aldehydes is 1. The molecule has 1 aliphatic rings. The number of aliphatic hydroxyl groups is 3.